The first kappa shape index (κ1) is 14.5. The third kappa shape index (κ3) is 2.24. The topological polar surface area (TPSA) is 39.1 Å². The molecule has 0 spiro atoms. The lowest BCUT2D eigenvalue weighted by molar-refractivity contribution is 0.845. The largest absolute Gasteiger partial charge is 0.277 e. The lowest BCUT2D eigenvalue weighted by atomic mass is 10.2. The Kier molecular flexibility index (Phi) is 3.71. The van der Waals surface area contributed by atoms with Gasteiger partial charge < -0.3 is 0 Å². The van der Waals surface area contributed by atoms with E-state index >= 15 is 0 Å². The van der Waals surface area contributed by atoms with Crippen molar-refractivity contribution in [1.29, 1.82) is 0 Å². The van der Waals surface area contributed by atoms with Crippen molar-refractivity contribution in [2.75, 3.05) is 0 Å². The molecule has 0 unspecified atom stereocenters. The van der Waals surface area contributed by atoms with E-state index in [2.05, 4.69) is 13.8 Å². The smallest absolute Gasteiger partial charge is 0.261 e. The van der Waals surface area contributed by atoms with E-state index in [1.807, 2.05) is 12.1 Å². The average molecular weight is 319 g/mol. The van der Waals surface area contributed by atoms with Gasteiger partial charge >= 0.3 is 0 Å². The summed E-state index contributed by atoms with van der Waals surface area (Å²) in [5.74, 6) is 0. The highest BCUT2D eigenvalue weighted by molar-refractivity contribution is 7.27. The summed E-state index contributed by atoms with van der Waals surface area (Å²) in [6.45, 7) is 4.22. The van der Waals surface area contributed by atoms with Crippen molar-refractivity contribution in [2.24, 2.45) is 7.05 Å². The van der Waals surface area contributed by atoms with E-state index in [0.29, 0.717) is 10.8 Å². The standard InChI is InChI=1S/C16H17NO2S2/c1-4-6-10-8-12-14(21-10)13-11(7-9(5-2)20-13)15(18)17(3)16(12)19/h7-8H,4-6H2,1-3H3. The van der Waals surface area contributed by atoms with Crippen molar-refractivity contribution in [2.45, 2.75) is 33.1 Å². The van der Waals surface area contributed by atoms with Crippen LogP contribution in [0.15, 0.2) is 21.7 Å². The molecule has 0 aliphatic rings. The first-order valence-corrected chi connectivity index (χ1v) is 8.78. The van der Waals surface area contributed by atoms with Gasteiger partial charge in [-0.3, -0.25) is 14.2 Å². The van der Waals surface area contributed by atoms with Crippen LogP contribution in [-0.2, 0) is 19.9 Å². The number of nitrogens with zero attached hydrogens (tertiary/aromatic N) is 1. The molecule has 0 bridgehead atoms. The molecule has 3 nitrogen and oxygen atoms in total. The van der Waals surface area contributed by atoms with E-state index in [4.69, 9.17) is 0 Å². The summed E-state index contributed by atoms with van der Waals surface area (Å²) in [7, 11) is 1.57. The molecule has 0 atom stereocenters. The van der Waals surface area contributed by atoms with Gasteiger partial charge in [0.05, 0.1) is 20.2 Å². The summed E-state index contributed by atoms with van der Waals surface area (Å²) in [5, 5.41) is 1.36. The van der Waals surface area contributed by atoms with Gasteiger partial charge in [0.25, 0.3) is 11.1 Å². The Morgan fingerprint density at radius 1 is 0.952 bits per heavy atom. The van der Waals surface area contributed by atoms with Gasteiger partial charge in [-0.25, -0.2) is 0 Å². The maximum Gasteiger partial charge on any atom is 0.261 e. The monoisotopic (exact) mass is 319 g/mol. The van der Waals surface area contributed by atoms with Crippen molar-refractivity contribution in [3.63, 3.8) is 0 Å². The predicted molar refractivity (Wildman–Crippen MR) is 92.1 cm³/mol. The lowest BCUT2D eigenvalue weighted by Crippen LogP contribution is -2.26. The Balaban J connectivity index is 2.56. The van der Waals surface area contributed by atoms with Crippen LogP contribution in [0.4, 0.5) is 0 Å². The molecule has 110 valence electrons. The first-order chi connectivity index (χ1) is 10.1. The zero-order valence-electron chi connectivity index (χ0n) is 12.4. The van der Waals surface area contributed by atoms with Crippen LogP contribution in [-0.4, -0.2) is 4.57 Å². The summed E-state index contributed by atoms with van der Waals surface area (Å²) in [6.07, 6.45) is 2.94. The minimum Gasteiger partial charge on any atom is -0.277 e. The van der Waals surface area contributed by atoms with Crippen LogP contribution in [0.3, 0.4) is 0 Å². The van der Waals surface area contributed by atoms with E-state index in [0.717, 1.165) is 28.7 Å². The van der Waals surface area contributed by atoms with E-state index < -0.39 is 0 Å². The number of thiophene rings is 2. The van der Waals surface area contributed by atoms with Crippen molar-refractivity contribution < 1.29 is 0 Å². The molecule has 0 fully saturated rings. The number of aryl methyl sites for hydroxylation is 2. The fraction of sp³-hybridized carbons (Fsp3) is 0.375. The summed E-state index contributed by atoms with van der Waals surface area (Å²) in [6, 6.07) is 3.91. The van der Waals surface area contributed by atoms with Crippen molar-refractivity contribution in [3.05, 3.63) is 42.6 Å². The summed E-state index contributed by atoms with van der Waals surface area (Å²) >= 11 is 3.30. The summed E-state index contributed by atoms with van der Waals surface area (Å²) in [5.41, 5.74) is -0.374. The molecule has 0 N–H and O–H groups in total. The molecule has 0 radical (unpaired) electrons. The second-order valence-corrected chi connectivity index (χ2v) is 7.46. The van der Waals surface area contributed by atoms with Crippen LogP contribution >= 0.6 is 22.7 Å². The summed E-state index contributed by atoms with van der Waals surface area (Å²) < 4.78 is 3.19. The number of rotatable bonds is 3. The van der Waals surface area contributed by atoms with Gasteiger partial charge in [-0.05, 0) is 25.0 Å². The maximum absolute atomic E-state index is 12.5. The van der Waals surface area contributed by atoms with E-state index in [-0.39, 0.29) is 11.1 Å². The van der Waals surface area contributed by atoms with E-state index in [9.17, 15) is 9.59 Å². The normalized spacial score (nSPS) is 11.6. The Morgan fingerprint density at radius 2 is 1.48 bits per heavy atom. The molecule has 3 heterocycles. The quantitative estimate of drug-likeness (QED) is 0.738. The molecule has 0 saturated carbocycles. The van der Waals surface area contributed by atoms with Gasteiger partial charge in [0.15, 0.2) is 0 Å². The molecular formula is C16H17NO2S2. The zero-order valence-corrected chi connectivity index (χ0v) is 14.0. The van der Waals surface area contributed by atoms with Crippen molar-refractivity contribution in [1.82, 2.24) is 4.57 Å². The van der Waals surface area contributed by atoms with E-state index in [1.165, 1.54) is 14.3 Å². The SMILES string of the molecule is CCCc1cc2c(=O)n(C)c(=O)c3cc(CC)sc3c2s1. The van der Waals surface area contributed by atoms with Crippen LogP contribution in [0.5, 0.6) is 0 Å². The van der Waals surface area contributed by atoms with Gasteiger partial charge in [-0.2, -0.15) is 0 Å². The minimum absolute atomic E-state index is 0.185. The fourth-order valence-corrected chi connectivity index (χ4v) is 5.03. The van der Waals surface area contributed by atoms with E-state index in [1.54, 1.807) is 29.7 Å². The number of hydrogen-bond acceptors (Lipinski definition) is 4. The molecule has 5 heteroatoms. The van der Waals surface area contributed by atoms with Gasteiger partial charge in [0.1, 0.15) is 0 Å². The van der Waals surface area contributed by atoms with Crippen LogP contribution < -0.4 is 11.1 Å². The molecule has 0 saturated heterocycles. The molecule has 3 rings (SSSR count). The second kappa shape index (κ2) is 5.39. The summed E-state index contributed by atoms with van der Waals surface area (Å²) in [4.78, 5) is 27.4. The van der Waals surface area contributed by atoms with Crippen LogP contribution in [0.25, 0.3) is 20.2 Å². The Labute approximate surface area is 130 Å². The third-order valence-corrected chi connectivity index (χ3v) is 6.33. The molecular weight excluding hydrogens is 302 g/mol. The molecule has 3 aromatic rings. The molecule has 3 aromatic heterocycles. The highest BCUT2D eigenvalue weighted by Crippen LogP contribution is 2.34. The molecule has 0 aliphatic carbocycles. The zero-order chi connectivity index (χ0) is 15.1. The molecule has 0 aromatic carbocycles. The molecule has 0 amide bonds. The van der Waals surface area contributed by atoms with Gasteiger partial charge in [0.2, 0.25) is 0 Å². The van der Waals surface area contributed by atoms with Gasteiger partial charge in [-0.15, -0.1) is 22.7 Å². The predicted octanol–water partition coefficient (Wildman–Crippen LogP) is 3.69. The number of fused-ring (bicyclic) bond motifs is 3. The third-order valence-electron chi connectivity index (χ3n) is 3.69. The van der Waals surface area contributed by atoms with Gasteiger partial charge in [0, 0.05) is 16.8 Å². The highest BCUT2D eigenvalue weighted by Gasteiger charge is 2.14. The fourth-order valence-electron chi connectivity index (χ4n) is 2.54. The minimum atomic E-state index is -0.189. The lowest BCUT2D eigenvalue weighted by Gasteiger charge is -1.89. The Bertz CT molecular complexity index is 947. The van der Waals surface area contributed by atoms with Crippen molar-refractivity contribution in [3.8, 4) is 0 Å². The maximum atomic E-state index is 12.5. The average Bonchev–Trinajstić information content (AvgIpc) is 3.07. The number of hydrogen-bond donors (Lipinski definition) is 0. The number of aromatic nitrogens is 1. The van der Waals surface area contributed by atoms with Gasteiger partial charge in [-0.1, -0.05) is 20.3 Å². The van der Waals surface area contributed by atoms with Crippen LogP contribution in [0.2, 0.25) is 0 Å². The van der Waals surface area contributed by atoms with Crippen LogP contribution in [0, 0.1) is 0 Å². The second-order valence-electron chi connectivity index (χ2n) is 5.18. The Morgan fingerprint density at radius 3 is 2.00 bits per heavy atom. The van der Waals surface area contributed by atoms with Crippen molar-refractivity contribution >= 4 is 42.8 Å². The highest BCUT2D eigenvalue weighted by atomic mass is 32.1. The molecule has 21 heavy (non-hydrogen) atoms. The first-order valence-electron chi connectivity index (χ1n) is 7.15. The Hall–Kier alpha value is -1.46. The van der Waals surface area contributed by atoms with Crippen LogP contribution in [0.1, 0.15) is 30.0 Å². The molecule has 0 aliphatic heterocycles.